The number of aromatic nitrogens is 3. The summed E-state index contributed by atoms with van der Waals surface area (Å²) in [6, 6.07) is 0. The Hall–Kier alpha value is -1.68. The van der Waals surface area contributed by atoms with Gasteiger partial charge in [0.2, 0.25) is 0 Å². The molecule has 0 bridgehead atoms. The lowest BCUT2D eigenvalue weighted by molar-refractivity contribution is 0.194. The fraction of sp³-hybridized carbons (Fsp3) is 0.579. The predicted molar refractivity (Wildman–Crippen MR) is 96.1 cm³/mol. The second-order valence-electron chi connectivity index (χ2n) is 6.50. The minimum Gasteiger partial charge on any atom is -0.387 e. The Bertz CT molecular complexity index is 561. The molecule has 0 amide bonds. The highest BCUT2D eigenvalue weighted by atomic mass is 16.3. The van der Waals surface area contributed by atoms with Crippen molar-refractivity contribution in [1.29, 1.82) is 0 Å². The highest BCUT2D eigenvalue weighted by molar-refractivity contribution is 5.05. The van der Waals surface area contributed by atoms with Gasteiger partial charge in [-0.3, -0.25) is 0 Å². The largest absolute Gasteiger partial charge is 0.387 e. The van der Waals surface area contributed by atoms with E-state index in [1.165, 1.54) is 16.7 Å². The number of aliphatic hydroxyl groups is 1. The number of hydrogen-bond donors (Lipinski definition) is 1. The molecule has 1 heterocycles. The van der Waals surface area contributed by atoms with Crippen molar-refractivity contribution < 1.29 is 5.11 Å². The molecule has 1 aromatic heterocycles. The van der Waals surface area contributed by atoms with Crippen LogP contribution in [-0.2, 0) is 6.54 Å². The zero-order chi connectivity index (χ0) is 17.2. The monoisotopic (exact) mass is 317 g/mol. The van der Waals surface area contributed by atoms with E-state index in [2.05, 4.69) is 56.2 Å². The number of rotatable bonds is 9. The molecule has 0 saturated carbocycles. The standard InChI is InChI=1S/C19H31N3O/c1-15(2)8-6-9-16(3)10-7-11-17(4)12-13-22-14-19(18(5)23)20-21-22/h8,10,12,14,18,23H,6-7,9,11,13H2,1-5H3/b16-10+,17-12+. The Balaban J connectivity index is 2.34. The van der Waals surface area contributed by atoms with E-state index in [0.29, 0.717) is 12.2 Å². The molecule has 0 aromatic carbocycles. The summed E-state index contributed by atoms with van der Waals surface area (Å²) in [5.74, 6) is 0. The van der Waals surface area contributed by atoms with E-state index < -0.39 is 6.10 Å². The van der Waals surface area contributed by atoms with Crippen molar-refractivity contribution in [2.24, 2.45) is 0 Å². The molecule has 1 atom stereocenters. The van der Waals surface area contributed by atoms with Crippen molar-refractivity contribution in [2.75, 3.05) is 0 Å². The van der Waals surface area contributed by atoms with E-state index in [4.69, 9.17) is 0 Å². The third-order valence-corrected chi connectivity index (χ3v) is 3.73. The topological polar surface area (TPSA) is 50.9 Å². The number of aliphatic hydroxyl groups excluding tert-OH is 1. The van der Waals surface area contributed by atoms with Gasteiger partial charge < -0.3 is 5.11 Å². The number of allylic oxidation sites excluding steroid dienone is 6. The Labute approximate surface area is 140 Å². The van der Waals surface area contributed by atoms with E-state index in [-0.39, 0.29) is 0 Å². The SMILES string of the molecule is CC(C)=CCC/C(C)=C/CC/C(C)=C/Cn1cc(C(C)O)nn1. The van der Waals surface area contributed by atoms with Gasteiger partial charge in [0.05, 0.1) is 18.8 Å². The quantitative estimate of drug-likeness (QED) is 0.669. The summed E-state index contributed by atoms with van der Waals surface area (Å²) in [6.07, 6.45) is 12.5. The zero-order valence-electron chi connectivity index (χ0n) is 15.2. The molecule has 0 aliphatic carbocycles. The van der Waals surface area contributed by atoms with E-state index >= 15 is 0 Å². The summed E-state index contributed by atoms with van der Waals surface area (Å²) in [7, 11) is 0. The first kappa shape index (κ1) is 19.4. The Morgan fingerprint density at radius 1 is 1.09 bits per heavy atom. The summed E-state index contributed by atoms with van der Waals surface area (Å²) in [4.78, 5) is 0. The van der Waals surface area contributed by atoms with Gasteiger partial charge in [-0.25, -0.2) is 4.68 Å². The molecule has 0 fully saturated rings. The van der Waals surface area contributed by atoms with Crippen LogP contribution in [0.1, 0.15) is 72.1 Å². The first-order valence-corrected chi connectivity index (χ1v) is 8.41. The van der Waals surface area contributed by atoms with E-state index in [1.54, 1.807) is 17.8 Å². The summed E-state index contributed by atoms with van der Waals surface area (Å²) in [6.45, 7) is 11.1. The lowest BCUT2D eigenvalue weighted by Gasteiger charge is -2.02. The van der Waals surface area contributed by atoms with Gasteiger partial charge in [0.15, 0.2) is 0 Å². The molecule has 0 spiro atoms. The van der Waals surface area contributed by atoms with Crippen molar-refractivity contribution >= 4 is 0 Å². The Morgan fingerprint density at radius 3 is 2.26 bits per heavy atom. The molecular formula is C19H31N3O. The predicted octanol–water partition coefficient (Wildman–Crippen LogP) is 4.75. The number of hydrogen-bond acceptors (Lipinski definition) is 3. The first-order chi connectivity index (χ1) is 10.9. The molecule has 0 aliphatic rings. The molecular weight excluding hydrogens is 286 g/mol. The fourth-order valence-corrected chi connectivity index (χ4v) is 2.18. The summed E-state index contributed by atoms with van der Waals surface area (Å²) in [5, 5.41) is 17.4. The first-order valence-electron chi connectivity index (χ1n) is 8.41. The molecule has 1 unspecified atom stereocenters. The highest BCUT2D eigenvalue weighted by Crippen LogP contribution is 2.12. The van der Waals surface area contributed by atoms with Gasteiger partial charge in [-0.1, -0.05) is 40.2 Å². The minimum absolute atomic E-state index is 0.562. The molecule has 4 heteroatoms. The fourth-order valence-electron chi connectivity index (χ4n) is 2.18. The minimum atomic E-state index is -0.562. The smallest absolute Gasteiger partial charge is 0.111 e. The van der Waals surface area contributed by atoms with Crippen molar-refractivity contribution in [1.82, 2.24) is 15.0 Å². The van der Waals surface area contributed by atoms with Crippen LogP contribution in [0.25, 0.3) is 0 Å². The molecule has 1 aromatic rings. The molecule has 1 N–H and O–H groups in total. The van der Waals surface area contributed by atoms with Crippen molar-refractivity contribution in [2.45, 2.75) is 73.0 Å². The molecule has 0 aliphatic heterocycles. The Kier molecular flexibility index (Phi) is 8.56. The van der Waals surface area contributed by atoms with Crippen LogP contribution >= 0.6 is 0 Å². The molecule has 4 nitrogen and oxygen atoms in total. The molecule has 0 saturated heterocycles. The zero-order valence-corrected chi connectivity index (χ0v) is 15.2. The lowest BCUT2D eigenvalue weighted by atomic mass is 10.1. The van der Waals surface area contributed by atoms with Crippen LogP contribution in [0.2, 0.25) is 0 Å². The van der Waals surface area contributed by atoms with E-state index in [0.717, 1.165) is 25.7 Å². The van der Waals surface area contributed by atoms with Gasteiger partial charge in [-0.15, -0.1) is 5.10 Å². The maximum atomic E-state index is 9.43. The van der Waals surface area contributed by atoms with Gasteiger partial charge in [-0.05, 0) is 60.3 Å². The van der Waals surface area contributed by atoms with Crippen LogP contribution in [0, 0.1) is 0 Å². The van der Waals surface area contributed by atoms with Crippen LogP contribution < -0.4 is 0 Å². The summed E-state index contributed by atoms with van der Waals surface area (Å²) >= 11 is 0. The molecule has 1 rings (SSSR count). The summed E-state index contributed by atoms with van der Waals surface area (Å²) in [5.41, 5.74) is 4.83. The maximum absolute atomic E-state index is 9.43. The molecule has 128 valence electrons. The second-order valence-corrected chi connectivity index (χ2v) is 6.50. The van der Waals surface area contributed by atoms with Gasteiger partial charge in [0.1, 0.15) is 5.69 Å². The number of nitrogens with zero attached hydrogens (tertiary/aromatic N) is 3. The highest BCUT2D eigenvalue weighted by Gasteiger charge is 2.05. The van der Waals surface area contributed by atoms with Crippen molar-refractivity contribution in [3.8, 4) is 0 Å². The van der Waals surface area contributed by atoms with Crippen LogP contribution in [0.4, 0.5) is 0 Å². The third-order valence-electron chi connectivity index (χ3n) is 3.73. The van der Waals surface area contributed by atoms with Crippen molar-refractivity contribution in [3.63, 3.8) is 0 Å². The third kappa shape index (κ3) is 8.50. The van der Waals surface area contributed by atoms with Gasteiger partial charge in [0.25, 0.3) is 0 Å². The van der Waals surface area contributed by atoms with E-state index in [9.17, 15) is 5.11 Å². The van der Waals surface area contributed by atoms with Crippen LogP contribution in [0.3, 0.4) is 0 Å². The normalized spacial score (nSPS) is 14.0. The van der Waals surface area contributed by atoms with Crippen molar-refractivity contribution in [3.05, 3.63) is 46.8 Å². The molecule has 23 heavy (non-hydrogen) atoms. The summed E-state index contributed by atoms with van der Waals surface area (Å²) < 4.78 is 1.76. The average molecular weight is 317 g/mol. The van der Waals surface area contributed by atoms with Gasteiger partial charge >= 0.3 is 0 Å². The van der Waals surface area contributed by atoms with Gasteiger partial charge in [0, 0.05) is 0 Å². The van der Waals surface area contributed by atoms with Crippen LogP contribution in [0.15, 0.2) is 41.1 Å². The van der Waals surface area contributed by atoms with Gasteiger partial charge in [-0.2, -0.15) is 0 Å². The lowest BCUT2D eigenvalue weighted by Crippen LogP contribution is -1.96. The second kappa shape index (κ2) is 10.2. The molecule has 0 radical (unpaired) electrons. The average Bonchev–Trinajstić information content (AvgIpc) is 2.94. The van der Waals surface area contributed by atoms with Crippen LogP contribution in [-0.4, -0.2) is 20.1 Å². The maximum Gasteiger partial charge on any atom is 0.111 e. The van der Waals surface area contributed by atoms with Crippen LogP contribution in [0.5, 0.6) is 0 Å². The van der Waals surface area contributed by atoms with E-state index in [1.807, 2.05) is 0 Å². The Morgan fingerprint density at radius 2 is 1.70 bits per heavy atom.